The first-order valence-corrected chi connectivity index (χ1v) is 8.35. The quantitative estimate of drug-likeness (QED) is 0.601. The van der Waals surface area contributed by atoms with Crippen LogP contribution < -0.4 is 10.9 Å². The molecular weight excluding hydrogens is 338 g/mol. The fourth-order valence-electron chi connectivity index (χ4n) is 2.72. The molecule has 0 unspecified atom stereocenters. The van der Waals surface area contributed by atoms with Gasteiger partial charge in [0.2, 0.25) is 5.71 Å². The first-order valence-electron chi connectivity index (χ1n) is 8.35. The third-order valence-corrected chi connectivity index (χ3v) is 4.03. The SMILES string of the molecule is COCCn1cnc2oc(C)c(C(=O)NCCCn3cccn3)c2c1=O. The van der Waals surface area contributed by atoms with Crippen LogP contribution in [0.15, 0.2) is 34.0 Å². The smallest absolute Gasteiger partial charge is 0.265 e. The maximum absolute atomic E-state index is 12.7. The van der Waals surface area contributed by atoms with E-state index in [1.807, 2.05) is 12.3 Å². The van der Waals surface area contributed by atoms with Crippen LogP contribution in [0.25, 0.3) is 11.1 Å². The van der Waals surface area contributed by atoms with Gasteiger partial charge in [0.15, 0.2) is 0 Å². The number of methoxy groups -OCH3 is 1. The Morgan fingerprint density at radius 2 is 2.23 bits per heavy atom. The normalized spacial score (nSPS) is 11.2. The second-order valence-electron chi connectivity index (χ2n) is 5.83. The van der Waals surface area contributed by atoms with E-state index in [1.54, 1.807) is 24.9 Å². The van der Waals surface area contributed by atoms with Gasteiger partial charge in [0, 0.05) is 32.6 Å². The highest BCUT2D eigenvalue weighted by Crippen LogP contribution is 2.20. The molecule has 0 aromatic carbocycles. The number of ether oxygens (including phenoxy) is 1. The average molecular weight is 359 g/mol. The van der Waals surface area contributed by atoms with Crippen molar-refractivity contribution in [3.63, 3.8) is 0 Å². The van der Waals surface area contributed by atoms with E-state index in [0.29, 0.717) is 32.0 Å². The van der Waals surface area contributed by atoms with E-state index in [4.69, 9.17) is 9.15 Å². The number of carbonyl (C=O) groups is 1. The molecule has 0 atom stereocenters. The van der Waals surface area contributed by atoms with Gasteiger partial charge in [-0.05, 0) is 19.4 Å². The van der Waals surface area contributed by atoms with Crippen molar-refractivity contribution in [2.75, 3.05) is 20.3 Å². The third-order valence-electron chi connectivity index (χ3n) is 4.03. The van der Waals surface area contributed by atoms with Crippen molar-refractivity contribution in [3.05, 3.63) is 46.5 Å². The van der Waals surface area contributed by atoms with Gasteiger partial charge < -0.3 is 14.5 Å². The Balaban J connectivity index is 1.76. The summed E-state index contributed by atoms with van der Waals surface area (Å²) < 4.78 is 13.7. The summed E-state index contributed by atoms with van der Waals surface area (Å²) in [4.78, 5) is 29.4. The zero-order chi connectivity index (χ0) is 18.5. The van der Waals surface area contributed by atoms with Crippen LogP contribution in [0.4, 0.5) is 0 Å². The molecule has 26 heavy (non-hydrogen) atoms. The monoisotopic (exact) mass is 359 g/mol. The Hall–Kier alpha value is -2.94. The Morgan fingerprint density at radius 3 is 2.96 bits per heavy atom. The second-order valence-corrected chi connectivity index (χ2v) is 5.83. The summed E-state index contributed by atoms with van der Waals surface area (Å²) in [5.74, 6) is 0.0313. The van der Waals surface area contributed by atoms with Crippen LogP contribution >= 0.6 is 0 Å². The second kappa shape index (κ2) is 7.96. The zero-order valence-electron chi connectivity index (χ0n) is 14.8. The lowest BCUT2D eigenvalue weighted by atomic mass is 10.1. The number of nitrogens with one attached hydrogen (secondary N) is 1. The van der Waals surface area contributed by atoms with Crippen LogP contribution in [0.2, 0.25) is 0 Å². The van der Waals surface area contributed by atoms with Gasteiger partial charge in [0.25, 0.3) is 11.5 Å². The topological polar surface area (TPSA) is 104 Å². The van der Waals surface area contributed by atoms with Gasteiger partial charge in [-0.15, -0.1) is 0 Å². The molecule has 138 valence electrons. The molecule has 3 aromatic heterocycles. The van der Waals surface area contributed by atoms with Gasteiger partial charge in [-0.3, -0.25) is 18.8 Å². The minimum Gasteiger partial charge on any atom is -0.442 e. The molecule has 9 heteroatoms. The summed E-state index contributed by atoms with van der Waals surface area (Å²) >= 11 is 0. The lowest BCUT2D eigenvalue weighted by Gasteiger charge is -2.06. The standard InChI is InChI=1S/C17H21N5O4/c1-12-13(15(23)18-5-3-7-22-8-4-6-20-22)14-16(26-12)19-11-21(17(14)24)9-10-25-2/h4,6,8,11H,3,5,7,9-10H2,1-2H3,(H,18,23). The van der Waals surface area contributed by atoms with Gasteiger partial charge in [-0.1, -0.05) is 0 Å². The Morgan fingerprint density at radius 1 is 1.38 bits per heavy atom. The predicted octanol–water partition coefficient (Wildman–Crippen LogP) is 0.961. The summed E-state index contributed by atoms with van der Waals surface area (Å²) in [5.41, 5.74) is 0.0943. The van der Waals surface area contributed by atoms with Crippen molar-refractivity contribution < 1.29 is 13.9 Å². The minimum absolute atomic E-state index is 0.169. The summed E-state index contributed by atoms with van der Waals surface area (Å²) in [6, 6.07) is 1.85. The van der Waals surface area contributed by atoms with E-state index in [1.165, 1.54) is 10.9 Å². The molecule has 0 aliphatic carbocycles. The van der Waals surface area contributed by atoms with Crippen LogP contribution in [-0.4, -0.2) is 45.5 Å². The first-order chi connectivity index (χ1) is 12.6. The van der Waals surface area contributed by atoms with Crippen LogP contribution in [0, 0.1) is 6.92 Å². The number of fused-ring (bicyclic) bond motifs is 1. The summed E-state index contributed by atoms with van der Waals surface area (Å²) in [6.07, 6.45) is 5.70. The Bertz CT molecular complexity index is 942. The van der Waals surface area contributed by atoms with Crippen molar-refractivity contribution >= 4 is 17.0 Å². The minimum atomic E-state index is -0.342. The van der Waals surface area contributed by atoms with Gasteiger partial charge in [0.1, 0.15) is 17.5 Å². The highest BCUT2D eigenvalue weighted by molar-refractivity contribution is 6.06. The van der Waals surface area contributed by atoms with Gasteiger partial charge in [-0.2, -0.15) is 5.10 Å². The maximum Gasteiger partial charge on any atom is 0.265 e. The van der Waals surface area contributed by atoms with E-state index in [0.717, 1.165) is 6.42 Å². The largest absolute Gasteiger partial charge is 0.442 e. The molecule has 0 aliphatic heterocycles. The number of rotatable bonds is 8. The maximum atomic E-state index is 12.7. The Kier molecular flexibility index (Phi) is 5.47. The zero-order valence-corrected chi connectivity index (χ0v) is 14.8. The number of carbonyl (C=O) groups excluding carboxylic acids is 1. The number of aromatic nitrogens is 4. The molecule has 3 aromatic rings. The van der Waals surface area contributed by atoms with Crippen molar-refractivity contribution in [1.82, 2.24) is 24.6 Å². The molecule has 0 spiro atoms. The van der Waals surface area contributed by atoms with E-state index >= 15 is 0 Å². The predicted molar refractivity (Wildman–Crippen MR) is 94.1 cm³/mol. The molecular formula is C17H21N5O4. The fourth-order valence-corrected chi connectivity index (χ4v) is 2.72. The van der Waals surface area contributed by atoms with E-state index in [-0.39, 0.29) is 28.1 Å². The van der Waals surface area contributed by atoms with Crippen molar-refractivity contribution in [2.24, 2.45) is 0 Å². The number of nitrogens with zero attached hydrogens (tertiary/aromatic N) is 4. The average Bonchev–Trinajstić information content (AvgIpc) is 3.25. The van der Waals surface area contributed by atoms with Crippen LogP contribution in [0.1, 0.15) is 22.5 Å². The first kappa shape index (κ1) is 17.9. The molecule has 0 saturated carbocycles. The van der Waals surface area contributed by atoms with E-state index in [9.17, 15) is 9.59 Å². The Labute approximate surface area is 149 Å². The third kappa shape index (κ3) is 3.67. The molecule has 1 amide bonds. The molecule has 0 saturated heterocycles. The molecule has 1 N–H and O–H groups in total. The van der Waals surface area contributed by atoms with Crippen LogP contribution in [0.3, 0.4) is 0 Å². The number of amides is 1. The fraction of sp³-hybridized carbons (Fsp3) is 0.412. The number of furan rings is 1. The molecule has 0 bridgehead atoms. The van der Waals surface area contributed by atoms with Gasteiger partial charge >= 0.3 is 0 Å². The van der Waals surface area contributed by atoms with E-state index in [2.05, 4.69) is 15.4 Å². The number of hydrogen-bond acceptors (Lipinski definition) is 6. The molecule has 9 nitrogen and oxygen atoms in total. The molecule has 0 aliphatic rings. The summed E-state index contributed by atoms with van der Waals surface area (Å²) in [5, 5.41) is 7.14. The van der Waals surface area contributed by atoms with Crippen LogP contribution in [-0.2, 0) is 17.8 Å². The van der Waals surface area contributed by atoms with Crippen molar-refractivity contribution in [1.29, 1.82) is 0 Å². The molecule has 3 heterocycles. The number of aryl methyl sites for hydroxylation is 2. The van der Waals surface area contributed by atoms with Crippen LogP contribution in [0.5, 0.6) is 0 Å². The van der Waals surface area contributed by atoms with Crippen molar-refractivity contribution in [3.8, 4) is 0 Å². The van der Waals surface area contributed by atoms with Gasteiger partial charge in [0.05, 0.1) is 18.7 Å². The highest BCUT2D eigenvalue weighted by Gasteiger charge is 2.22. The van der Waals surface area contributed by atoms with Gasteiger partial charge in [-0.25, -0.2) is 4.98 Å². The highest BCUT2D eigenvalue weighted by atomic mass is 16.5. The lowest BCUT2D eigenvalue weighted by Crippen LogP contribution is -2.28. The summed E-state index contributed by atoms with van der Waals surface area (Å²) in [7, 11) is 1.56. The van der Waals surface area contributed by atoms with E-state index < -0.39 is 0 Å². The number of hydrogen-bond donors (Lipinski definition) is 1. The summed E-state index contributed by atoms with van der Waals surface area (Å²) in [6.45, 7) is 3.54. The molecule has 0 fully saturated rings. The van der Waals surface area contributed by atoms with Crippen molar-refractivity contribution in [2.45, 2.75) is 26.4 Å². The molecule has 0 radical (unpaired) electrons. The molecule has 3 rings (SSSR count). The lowest BCUT2D eigenvalue weighted by molar-refractivity contribution is 0.0952.